The molecule has 0 radical (unpaired) electrons. The number of para-hydroxylation sites is 1. The molecule has 0 atom stereocenters. The fraction of sp³-hybridized carbons (Fsp3) is 0.0600. The standard InChI is InChI=1S/C50H36N2/c1-50(2)46-31-39(35-14-12-34(13-15-35)37-26-28-51-29-27-37)18-23-42(46)43-24-19-40(32-47(43)50)36-16-21-41(22-17-36)52-48-11-7-6-10-44(48)45-30-38(20-25-49(45)52)33-8-4-3-5-9-33/h3-32H,1-2H3. The number of benzene rings is 7. The molecule has 2 nitrogen and oxygen atoms in total. The Morgan fingerprint density at radius 2 is 0.846 bits per heavy atom. The lowest BCUT2D eigenvalue weighted by atomic mass is 9.81. The van der Waals surface area contributed by atoms with E-state index < -0.39 is 0 Å². The van der Waals surface area contributed by atoms with Crippen molar-refractivity contribution in [3.63, 3.8) is 0 Å². The topological polar surface area (TPSA) is 17.8 Å². The minimum Gasteiger partial charge on any atom is -0.309 e. The van der Waals surface area contributed by atoms with Crippen LogP contribution in [0.25, 0.3) is 83.1 Å². The van der Waals surface area contributed by atoms with Gasteiger partial charge in [0.2, 0.25) is 0 Å². The maximum absolute atomic E-state index is 4.16. The SMILES string of the molecule is CC1(C)c2cc(-c3ccc(-c4ccncc4)cc3)ccc2-c2ccc(-c3ccc(-n4c5ccccc5c5cc(-c6ccccc6)ccc54)cc3)cc21. The van der Waals surface area contributed by atoms with E-state index in [2.05, 4.69) is 193 Å². The van der Waals surface area contributed by atoms with Crippen LogP contribution in [0.1, 0.15) is 25.0 Å². The molecule has 0 N–H and O–H groups in total. The molecule has 0 bridgehead atoms. The summed E-state index contributed by atoms with van der Waals surface area (Å²) in [4.78, 5) is 4.16. The lowest BCUT2D eigenvalue weighted by Gasteiger charge is -2.22. The van der Waals surface area contributed by atoms with Crippen LogP contribution in [0.5, 0.6) is 0 Å². The summed E-state index contributed by atoms with van der Waals surface area (Å²) in [5, 5.41) is 2.54. The first-order valence-corrected chi connectivity index (χ1v) is 18.0. The van der Waals surface area contributed by atoms with Crippen LogP contribution in [0.15, 0.2) is 182 Å². The van der Waals surface area contributed by atoms with Crippen LogP contribution in [-0.2, 0) is 5.41 Å². The molecule has 9 aromatic rings. The monoisotopic (exact) mass is 664 g/mol. The molecule has 1 aliphatic rings. The summed E-state index contributed by atoms with van der Waals surface area (Å²) in [6.45, 7) is 4.73. The van der Waals surface area contributed by atoms with E-state index in [1.165, 1.54) is 88.6 Å². The highest BCUT2D eigenvalue weighted by molar-refractivity contribution is 6.10. The highest BCUT2D eigenvalue weighted by Crippen LogP contribution is 2.50. The van der Waals surface area contributed by atoms with Crippen LogP contribution in [-0.4, -0.2) is 9.55 Å². The predicted molar refractivity (Wildman–Crippen MR) is 218 cm³/mol. The Morgan fingerprint density at radius 1 is 0.385 bits per heavy atom. The van der Waals surface area contributed by atoms with E-state index in [9.17, 15) is 0 Å². The second-order valence-corrected chi connectivity index (χ2v) is 14.5. The molecule has 2 heteroatoms. The Morgan fingerprint density at radius 3 is 1.50 bits per heavy atom. The third kappa shape index (κ3) is 4.83. The van der Waals surface area contributed by atoms with Crippen molar-refractivity contribution in [2.45, 2.75) is 19.3 Å². The summed E-state index contributed by atoms with van der Waals surface area (Å²) in [5.74, 6) is 0. The quantitative estimate of drug-likeness (QED) is 0.179. The molecule has 0 unspecified atom stereocenters. The van der Waals surface area contributed by atoms with E-state index in [0.717, 1.165) is 5.69 Å². The molecular formula is C50H36N2. The fourth-order valence-corrected chi connectivity index (χ4v) is 8.36. The summed E-state index contributed by atoms with van der Waals surface area (Å²) in [7, 11) is 0. The normalized spacial score (nSPS) is 13.0. The zero-order valence-corrected chi connectivity index (χ0v) is 29.2. The van der Waals surface area contributed by atoms with Crippen molar-refractivity contribution in [2.24, 2.45) is 0 Å². The number of rotatable bonds is 5. The van der Waals surface area contributed by atoms with Crippen LogP contribution in [0.2, 0.25) is 0 Å². The maximum Gasteiger partial charge on any atom is 0.0541 e. The van der Waals surface area contributed by atoms with Gasteiger partial charge in [-0.3, -0.25) is 4.98 Å². The van der Waals surface area contributed by atoms with Gasteiger partial charge in [-0.25, -0.2) is 0 Å². The zero-order chi connectivity index (χ0) is 34.8. The van der Waals surface area contributed by atoms with Crippen molar-refractivity contribution in [3.8, 4) is 61.3 Å². The van der Waals surface area contributed by atoms with Gasteiger partial charge in [0.15, 0.2) is 0 Å². The molecule has 246 valence electrons. The smallest absolute Gasteiger partial charge is 0.0541 e. The van der Waals surface area contributed by atoms with Crippen LogP contribution in [0.4, 0.5) is 0 Å². The van der Waals surface area contributed by atoms with E-state index in [4.69, 9.17) is 0 Å². The Kier molecular flexibility index (Phi) is 6.87. The van der Waals surface area contributed by atoms with Gasteiger partial charge >= 0.3 is 0 Å². The molecule has 0 amide bonds. The van der Waals surface area contributed by atoms with Crippen LogP contribution >= 0.6 is 0 Å². The van der Waals surface area contributed by atoms with Gasteiger partial charge < -0.3 is 4.57 Å². The van der Waals surface area contributed by atoms with Crippen LogP contribution in [0.3, 0.4) is 0 Å². The minimum absolute atomic E-state index is 0.116. The van der Waals surface area contributed by atoms with Gasteiger partial charge in [-0.15, -0.1) is 0 Å². The van der Waals surface area contributed by atoms with Crippen molar-refractivity contribution in [1.82, 2.24) is 9.55 Å². The van der Waals surface area contributed by atoms with Gasteiger partial charge in [0.05, 0.1) is 11.0 Å². The lowest BCUT2D eigenvalue weighted by molar-refractivity contribution is 0.661. The van der Waals surface area contributed by atoms with E-state index in [0.29, 0.717) is 0 Å². The van der Waals surface area contributed by atoms with E-state index >= 15 is 0 Å². The van der Waals surface area contributed by atoms with Crippen molar-refractivity contribution in [3.05, 3.63) is 193 Å². The van der Waals surface area contributed by atoms with Gasteiger partial charge in [-0.1, -0.05) is 129 Å². The third-order valence-corrected chi connectivity index (χ3v) is 11.1. The number of hydrogen-bond donors (Lipinski definition) is 0. The van der Waals surface area contributed by atoms with Gasteiger partial charge in [0, 0.05) is 34.3 Å². The average Bonchev–Trinajstić information content (AvgIpc) is 3.66. The number of aromatic nitrogens is 2. The van der Waals surface area contributed by atoms with E-state index in [1.807, 2.05) is 12.4 Å². The number of hydrogen-bond acceptors (Lipinski definition) is 1. The summed E-state index contributed by atoms with van der Waals surface area (Å²) in [6, 6.07) is 62.3. The molecule has 0 saturated heterocycles. The molecule has 0 spiro atoms. The van der Waals surface area contributed by atoms with Gasteiger partial charge in [-0.2, -0.15) is 0 Å². The first-order valence-electron chi connectivity index (χ1n) is 18.0. The molecular weight excluding hydrogens is 629 g/mol. The second kappa shape index (κ2) is 11.8. The highest BCUT2D eigenvalue weighted by Gasteiger charge is 2.36. The Bertz CT molecular complexity index is 2770. The van der Waals surface area contributed by atoms with Gasteiger partial charge in [0.1, 0.15) is 0 Å². The molecule has 0 aliphatic heterocycles. The van der Waals surface area contributed by atoms with Crippen molar-refractivity contribution < 1.29 is 0 Å². The minimum atomic E-state index is -0.116. The average molecular weight is 665 g/mol. The highest BCUT2D eigenvalue weighted by atomic mass is 15.0. The van der Waals surface area contributed by atoms with Crippen molar-refractivity contribution in [1.29, 1.82) is 0 Å². The molecule has 2 aromatic heterocycles. The summed E-state index contributed by atoms with van der Waals surface area (Å²) in [5.41, 5.74) is 18.7. The first kappa shape index (κ1) is 30.3. The fourth-order valence-electron chi connectivity index (χ4n) is 8.36. The van der Waals surface area contributed by atoms with Gasteiger partial charge in [-0.05, 0) is 121 Å². The van der Waals surface area contributed by atoms with Crippen molar-refractivity contribution in [2.75, 3.05) is 0 Å². The molecule has 0 saturated carbocycles. The lowest BCUT2D eigenvalue weighted by Crippen LogP contribution is -2.15. The van der Waals surface area contributed by atoms with E-state index in [1.54, 1.807) is 0 Å². The Labute approximate surface area is 304 Å². The summed E-state index contributed by atoms with van der Waals surface area (Å²) in [6.07, 6.45) is 3.69. The molecule has 10 rings (SSSR count). The molecule has 0 fully saturated rings. The number of pyridine rings is 1. The van der Waals surface area contributed by atoms with Crippen LogP contribution < -0.4 is 0 Å². The summed E-state index contributed by atoms with van der Waals surface area (Å²) >= 11 is 0. The predicted octanol–water partition coefficient (Wildman–Crippen LogP) is 13.2. The van der Waals surface area contributed by atoms with Gasteiger partial charge in [0.25, 0.3) is 0 Å². The Hall–Kier alpha value is -6.51. The third-order valence-electron chi connectivity index (χ3n) is 11.1. The zero-order valence-electron chi connectivity index (χ0n) is 29.2. The first-order chi connectivity index (χ1) is 25.5. The molecule has 2 heterocycles. The number of fused-ring (bicyclic) bond motifs is 6. The largest absolute Gasteiger partial charge is 0.309 e. The summed E-state index contributed by atoms with van der Waals surface area (Å²) < 4.78 is 2.40. The maximum atomic E-state index is 4.16. The molecule has 1 aliphatic carbocycles. The van der Waals surface area contributed by atoms with E-state index in [-0.39, 0.29) is 5.41 Å². The second-order valence-electron chi connectivity index (χ2n) is 14.5. The Balaban J connectivity index is 0.974. The van der Waals surface area contributed by atoms with Crippen LogP contribution in [0, 0.1) is 0 Å². The molecule has 7 aromatic carbocycles. The molecule has 52 heavy (non-hydrogen) atoms. The number of nitrogens with zero attached hydrogens (tertiary/aromatic N) is 2. The van der Waals surface area contributed by atoms with Crippen molar-refractivity contribution >= 4 is 21.8 Å².